The minimum Gasteiger partial charge on any atom is -0.309 e. The maximum absolute atomic E-state index is 2.47. The van der Waals surface area contributed by atoms with Crippen LogP contribution in [0.4, 0.5) is 0 Å². The summed E-state index contributed by atoms with van der Waals surface area (Å²) in [5.41, 5.74) is 15.4. The Morgan fingerprint density at radius 3 is 0.982 bits per heavy atom. The smallest absolute Gasteiger partial charge is 0.0548 e. The number of nitrogens with zero attached hydrogens (tertiary/aromatic N) is 3. The van der Waals surface area contributed by atoms with E-state index in [9.17, 15) is 0 Å². The van der Waals surface area contributed by atoms with Crippen LogP contribution in [0.25, 0.3) is 105 Å². The number of hydrogen-bond donors (Lipinski definition) is 0. The molecule has 266 valence electrons. The highest BCUT2D eigenvalue weighted by Crippen LogP contribution is 2.43. The summed E-state index contributed by atoms with van der Waals surface area (Å²) in [6.07, 6.45) is 0. The highest BCUT2D eigenvalue weighted by molar-refractivity contribution is 6.29. The number of aromatic nitrogens is 3. The number of fused-ring (bicyclic) bond motifs is 10. The van der Waals surface area contributed by atoms with Gasteiger partial charge in [-0.2, -0.15) is 0 Å². The topological polar surface area (TPSA) is 14.8 Å². The molecule has 0 bridgehead atoms. The van der Waals surface area contributed by atoms with Gasteiger partial charge < -0.3 is 13.7 Å². The van der Waals surface area contributed by atoms with Crippen LogP contribution in [0, 0.1) is 0 Å². The lowest BCUT2D eigenvalue weighted by Gasteiger charge is -2.14. The molecule has 9 aromatic carbocycles. The first kappa shape index (κ1) is 31.7. The second-order valence-electron chi connectivity index (χ2n) is 14.9. The van der Waals surface area contributed by atoms with Crippen LogP contribution in [0.5, 0.6) is 0 Å². The largest absolute Gasteiger partial charge is 0.309 e. The molecule has 3 heteroatoms. The van der Waals surface area contributed by atoms with E-state index in [-0.39, 0.29) is 0 Å². The van der Waals surface area contributed by atoms with Crippen LogP contribution in [-0.2, 0) is 0 Å². The van der Waals surface area contributed by atoms with Crippen molar-refractivity contribution in [1.29, 1.82) is 0 Å². The third kappa shape index (κ3) is 4.79. The van der Waals surface area contributed by atoms with Crippen molar-refractivity contribution in [2.75, 3.05) is 0 Å². The second kappa shape index (κ2) is 12.5. The fraction of sp³-hybridized carbons (Fsp3) is 0. The van der Waals surface area contributed by atoms with Gasteiger partial charge in [-0.1, -0.05) is 133 Å². The molecule has 0 aliphatic carbocycles. The lowest BCUT2D eigenvalue weighted by Crippen LogP contribution is -1.97. The Labute approximate surface area is 329 Å². The lowest BCUT2D eigenvalue weighted by atomic mass is 9.98. The van der Waals surface area contributed by atoms with E-state index >= 15 is 0 Å². The van der Waals surface area contributed by atoms with E-state index in [4.69, 9.17) is 0 Å². The predicted molar refractivity (Wildman–Crippen MR) is 240 cm³/mol. The zero-order chi connectivity index (χ0) is 37.5. The Balaban J connectivity index is 1.09. The summed E-state index contributed by atoms with van der Waals surface area (Å²) < 4.78 is 7.29. The monoisotopic (exact) mass is 725 g/mol. The summed E-state index contributed by atoms with van der Waals surface area (Å²) in [7, 11) is 0. The molecule has 0 saturated carbocycles. The molecule has 12 rings (SSSR count). The van der Waals surface area contributed by atoms with Gasteiger partial charge in [-0.25, -0.2) is 0 Å². The van der Waals surface area contributed by atoms with E-state index < -0.39 is 0 Å². The van der Waals surface area contributed by atoms with Gasteiger partial charge in [0.25, 0.3) is 0 Å². The van der Waals surface area contributed by atoms with Gasteiger partial charge in [-0.15, -0.1) is 0 Å². The summed E-state index contributed by atoms with van der Waals surface area (Å²) >= 11 is 0. The summed E-state index contributed by atoms with van der Waals surface area (Å²) in [4.78, 5) is 0. The first-order valence-electron chi connectivity index (χ1n) is 19.6. The molecule has 0 fully saturated rings. The standard InChI is InChI=1S/C54H35N3/c1-3-15-36(16-4-1)38-33-39(37-17-5-2-6-18-37)35-42(34-38)57-50-26-14-10-22-46(50)54-52(57)32-31-51-53(54)45-21-9-13-25-49(45)56(51)41-29-27-40(28-30-41)55-47-23-11-7-19-43(47)44-20-8-12-24-48(44)55/h1-35H. The minimum atomic E-state index is 1.14. The maximum Gasteiger partial charge on any atom is 0.0548 e. The molecule has 3 heterocycles. The van der Waals surface area contributed by atoms with E-state index in [2.05, 4.69) is 226 Å². The molecule has 0 aliphatic rings. The number of rotatable bonds is 5. The van der Waals surface area contributed by atoms with Gasteiger partial charge in [0.2, 0.25) is 0 Å². The fourth-order valence-electron chi connectivity index (χ4n) is 9.36. The Hall–Kier alpha value is -7.62. The van der Waals surface area contributed by atoms with E-state index in [1.807, 2.05) is 0 Å². The molecular formula is C54H35N3. The normalized spacial score (nSPS) is 11.9. The summed E-state index contributed by atoms with van der Waals surface area (Å²) in [6.45, 7) is 0. The van der Waals surface area contributed by atoms with Gasteiger partial charge in [0.1, 0.15) is 0 Å². The molecule has 0 spiro atoms. The molecule has 12 aromatic rings. The third-order valence-corrected chi connectivity index (χ3v) is 11.8. The van der Waals surface area contributed by atoms with E-state index in [1.54, 1.807) is 0 Å². The summed E-state index contributed by atoms with van der Waals surface area (Å²) in [6, 6.07) is 77.4. The Kier molecular flexibility index (Phi) is 6.93. The van der Waals surface area contributed by atoms with Crippen LogP contribution >= 0.6 is 0 Å². The van der Waals surface area contributed by atoms with Crippen molar-refractivity contribution in [2.45, 2.75) is 0 Å². The van der Waals surface area contributed by atoms with Crippen LogP contribution in [0.3, 0.4) is 0 Å². The molecule has 0 atom stereocenters. The number of hydrogen-bond acceptors (Lipinski definition) is 0. The molecule has 0 amide bonds. The summed E-state index contributed by atoms with van der Waals surface area (Å²) in [5.74, 6) is 0. The van der Waals surface area contributed by atoms with Crippen molar-refractivity contribution in [1.82, 2.24) is 13.7 Å². The first-order chi connectivity index (χ1) is 28.3. The van der Waals surface area contributed by atoms with Crippen LogP contribution in [0.2, 0.25) is 0 Å². The van der Waals surface area contributed by atoms with Crippen molar-refractivity contribution in [3.8, 4) is 39.3 Å². The highest BCUT2D eigenvalue weighted by Gasteiger charge is 2.21. The van der Waals surface area contributed by atoms with Gasteiger partial charge >= 0.3 is 0 Å². The quantitative estimate of drug-likeness (QED) is 0.168. The van der Waals surface area contributed by atoms with Gasteiger partial charge in [0, 0.05) is 49.4 Å². The molecule has 0 aliphatic heterocycles. The molecule has 0 saturated heterocycles. The Bertz CT molecular complexity index is 3380. The van der Waals surface area contributed by atoms with Gasteiger partial charge in [0.15, 0.2) is 0 Å². The van der Waals surface area contributed by atoms with Gasteiger partial charge in [0.05, 0.1) is 33.1 Å². The van der Waals surface area contributed by atoms with Crippen LogP contribution < -0.4 is 0 Å². The SMILES string of the molecule is c1ccc(-c2cc(-c3ccccc3)cc(-n3c4ccccc4c4c5c6ccccc6n(-c6ccc(-n7c8ccccc8c8ccccc87)cc6)c5ccc43)c2)cc1. The van der Waals surface area contributed by atoms with E-state index in [1.165, 1.54) is 87.7 Å². The zero-order valence-electron chi connectivity index (χ0n) is 31.0. The zero-order valence-corrected chi connectivity index (χ0v) is 31.0. The fourth-order valence-corrected chi connectivity index (χ4v) is 9.36. The second-order valence-corrected chi connectivity index (χ2v) is 14.9. The van der Waals surface area contributed by atoms with Gasteiger partial charge in [-0.3, -0.25) is 0 Å². The van der Waals surface area contributed by atoms with Crippen molar-refractivity contribution >= 4 is 65.4 Å². The number of benzene rings is 9. The van der Waals surface area contributed by atoms with Crippen LogP contribution in [-0.4, -0.2) is 13.7 Å². The first-order valence-corrected chi connectivity index (χ1v) is 19.6. The lowest BCUT2D eigenvalue weighted by molar-refractivity contribution is 1.14. The molecule has 0 unspecified atom stereocenters. The molecule has 0 N–H and O–H groups in total. The number of para-hydroxylation sites is 4. The average molecular weight is 726 g/mol. The molecule has 0 radical (unpaired) electrons. The van der Waals surface area contributed by atoms with Crippen molar-refractivity contribution in [3.05, 3.63) is 212 Å². The molecule has 57 heavy (non-hydrogen) atoms. The predicted octanol–water partition coefficient (Wildman–Crippen LogP) is 14.3. The van der Waals surface area contributed by atoms with Crippen LogP contribution in [0.1, 0.15) is 0 Å². The minimum absolute atomic E-state index is 1.14. The van der Waals surface area contributed by atoms with Crippen molar-refractivity contribution in [3.63, 3.8) is 0 Å². The van der Waals surface area contributed by atoms with Crippen molar-refractivity contribution < 1.29 is 0 Å². The van der Waals surface area contributed by atoms with Crippen molar-refractivity contribution in [2.24, 2.45) is 0 Å². The molecular weight excluding hydrogens is 691 g/mol. The Morgan fingerprint density at radius 1 is 0.211 bits per heavy atom. The third-order valence-electron chi connectivity index (χ3n) is 11.8. The highest BCUT2D eigenvalue weighted by atomic mass is 15.0. The van der Waals surface area contributed by atoms with E-state index in [0.29, 0.717) is 0 Å². The summed E-state index contributed by atoms with van der Waals surface area (Å²) in [5, 5.41) is 7.57. The molecule has 3 nitrogen and oxygen atoms in total. The Morgan fingerprint density at radius 2 is 0.544 bits per heavy atom. The molecule has 3 aromatic heterocycles. The van der Waals surface area contributed by atoms with E-state index in [0.717, 1.165) is 17.1 Å². The maximum atomic E-state index is 2.47. The average Bonchev–Trinajstić information content (AvgIpc) is 3.93. The van der Waals surface area contributed by atoms with Crippen LogP contribution in [0.15, 0.2) is 212 Å². The van der Waals surface area contributed by atoms with Gasteiger partial charge in [-0.05, 0) is 101 Å².